The van der Waals surface area contributed by atoms with Gasteiger partial charge in [0.05, 0.1) is 0 Å². The maximum absolute atomic E-state index is 11.7. The first kappa shape index (κ1) is 12.2. The van der Waals surface area contributed by atoms with Crippen LogP contribution in [0.5, 0.6) is 0 Å². The lowest BCUT2D eigenvalue weighted by Gasteiger charge is -2.03. The van der Waals surface area contributed by atoms with Crippen LogP contribution in [0.25, 0.3) is 0 Å². The fraction of sp³-hybridized carbons (Fsp3) is 0.231. The molecule has 0 saturated heterocycles. The Balaban J connectivity index is 1.88. The molecule has 1 aromatic carbocycles. The average Bonchev–Trinajstić information content (AvgIpc) is 2.71. The highest BCUT2D eigenvalue weighted by atomic mass is 16.1. The monoisotopic (exact) mass is 245 g/mol. The van der Waals surface area contributed by atoms with Gasteiger partial charge in [0.1, 0.15) is 0 Å². The topological polar surface area (TPSA) is 66.9 Å². The Bertz CT molecular complexity index is 584. The second-order valence-corrected chi connectivity index (χ2v) is 4.03. The lowest BCUT2D eigenvalue weighted by molar-refractivity contribution is 0.0954. The number of benzene rings is 1. The molecule has 18 heavy (non-hydrogen) atoms. The Morgan fingerprint density at radius 3 is 2.67 bits per heavy atom. The molecule has 0 saturated carbocycles. The van der Waals surface area contributed by atoms with Gasteiger partial charge >= 0.3 is 0 Å². The summed E-state index contributed by atoms with van der Waals surface area (Å²) in [4.78, 5) is 23.3. The minimum absolute atomic E-state index is 0.0519. The van der Waals surface area contributed by atoms with Crippen molar-refractivity contribution in [3.8, 4) is 0 Å². The number of H-pyrrole nitrogens is 1. The van der Waals surface area contributed by atoms with Crippen LogP contribution in [0, 0.1) is 0 Å². The van der Waals surface area contributed by atoms with E-state index in [2.05, 4.69) is 10.4 Å². The van der Waals surface area contributed by atoms with Gasteiger partial charge in [-0.1, -0.05) is 18.2 Å². The molecule has 0 bridgehead atoms. The standard InChI is InChI=1S/C13H15N3O2/c1-16-13(18)11(9-15-16)7-8-14-12(17)10-5-3-2-4-6-10/h2-6,9,15H,7-8H2,1H3,(H,14,17). The van der Waals surface area contributed by atoms with Gasteiger partial charge in [-0.05, 0) is 18.6 Å². The quantitative estimate of drug-likeness (QED) is 0.832. The fourth-order valence-electron chi connectivity index (χ4n) is 1.69. The van der Waals surface area contributed by atoms with E-state index in [4.69, 9.17) is 0 Å². The van der Waals surface area contributed by atoms with Crippen LogP contribution in [0.4, 0.5) is 0 Å². The highest BCUT2D eigenvalue weighted by Gasteiger charge is 2.06. The van der Waals surface area contributed by atoms with Crippen molar-refractivity contribution in [1.82, 2.24) is 15.1 Å². The predicted molar refractivity (Wildman–Crippen MR) is 68.5 cm³/mol. The number of hydrogen-bond donors (Lipinski definition) is 2. The molecule has 2 N–H and O–H groups in total. The van der Waals surface area contributed by atoms with E-state index in [-0.39, 0.29) is 11.5 Å². The number of amides is 1. The molecular formula is C13H15N3O2. The number of aryl methyl sites for hydroxylation is 1. The van der Waals surface area contributed by atoms with Crippen molar-refractivity contribution in [2.75, 3.05) is 6.54 Å². The van der Waals surface area contributed by atoms with Gasteiger partial charge in [-0.15, -0.1) is 0 Å². The average molecular weight is 245 g/mol. The zero-order valence-corrected chi connectivity index (χ0v) is 10.1. The number of rotatable bonds is 4. The molecule has 0 unspecified atom stereocenters. The van der Waals surface area contributed by atoms with E-state index in [1.165, 1.54) is 4.68 Å². The molecule has 0 aliphatic carbocycles. The van der Waals surface area contributed by atoms with Crippen LogP contribution in [0.2, 0.25) is 0 Å². The maximum atomic E-state index is 11.7. The van der Waals surface area contributed by atoms with E-state index in [0.717, 1.165) is 0 Å². The molecule has 1 amide bonds. The normalized spacial score (nSPS) is 10.3. The molecule has 0 aliphatic rings. The van der Waals surface area contributed by atoms with Crippen molar-refractivity contribution in [3.63, 3.8) is 0 Å². The summed E-state index contributed by atoms with van der Waals surface area (Å²) in [7, 11) is 1.66. The van der Waals surface area contributed by atoms with Crippen molar-refractivity contribution in [2.24, 2.45) is 7.05 Å². The Labute approximate surface area is 104 Å². The summed E-state index contributed by atoms with van der Waals surface area (Å²) >= 11 is 0. The molecule has 0 atom stereocenters. The van der Waals surface area contributed by atoms with E-state index in [1.54, 1.807) is 25.4 Å². The summed E-state index contributed by atoms with van der Waals surface area (Å²) in [5.74, 6) is -0.122. The summed E-state index contributed by atoms with van der Waals surface area (Å²) in [5.41, 5.74) is 1.24. The van der Waals surface area contributed by atoms with Crippen LogP contribution in [0.1, 0.15) is 15.9 Å². The number of hydrogen-bond acceptors (Lipinski definition) is 2. The Hall–Kier alpha value is -2.30. The van der Waals surface area contributed by atoms with Crippen molar-refractivity contribution >= 4 is 5.91 Å². The third-order valence-corrected chi connectivity index (χ3v) is 2.73. The van der Waals surface area contributed by atoms with E-state index >= 15 is 0 Å². The van der Waals surface area contributed by atoms with Gasteiger partial charge in [-0.3, -0.25) is 14.3 Å². The second-order valence-electron chi connectivity index (χ2n) is 4.03. The third kappa shape index (κ3) is 2.68. The fourth-order valence-corrected chi connectivity index (χ4v) is 1.69. The van der Waals surface area contributed by atoms with Crippen molar-refractivity contribution < 1.29 is 4.79 Å². The SMILES string of the molecule is Cn1[nH]cc(CCNC(=O)c2ccccc2)c1=O. The van der Waals surface area contributed by atoms with Crippen molar-refractivity contribution in [2.45, 2.75) is 6.42 Å². The first-order chi connectivity index (χ1) is 8.68. The van der Waals surface area contributed by atoms with Gasteiger partial charge in [0.15, 0.2) is 0 Å². The van der Waals surface area contributed by atoms with E-state index < -0.39 is 0 Å². The van der Waals surface area contributed by atoms with Crippen LogP contribution in [-0.2, 0) is 13.5 Å². The summed E-state index contributed by atoms with van der Waals surface area (Å²) in [6.45, 7) is 0.445. The third-order valence-electron chi connectivity index (χ3n) is 2.73. The molecule has 5 heteroatoms. The van der Waals surface area contributed by atoms with Crippen LogP contribution in [-0.4, -0.2) is 22.2 Å². The van der Waals surface area contributed by atoms with E-state index in [0.29, 0.717) is 24.1 Å². The Kier molecular flexibility index (Phi) is 3.62. The van der Waals surface area contributed by atoms with Crippen molar-refractivity contribution in [1.29, 1.82) is 0 Å². The van der Waals surface area contributed by atoms with E-state index in [9.17, 15) is 9.59 Å². The van der Waals surface area contributed by atoms with Gasteiger partial charge < -0.3 is 10.4 Å². The molecule has 0 fully saturated rings. The minimum atomic E-state index is -0.122. The molecule has 94 valence electrons. The van der Waals surface area contributed by atoms with Gasteiger partial charge in [0.25, 0.3) is 11.5 Å². The summed E-state index contributed by atoms with van der Waals surface area (Å²) in [5, 5.41) is 5.58. The summed E-state index contributed by atoms with van der Waals surface area (Å²) in [6, 6.07) is 9.00. The van der Waals surface area contributed by atoms with Crippen LogP contribution >= 0.6 is 0 Å². The van der Waals surface area contributed by atoms with Crippen LogP contribution in [0.3, 0.4) is 0 Å². The molecule has 1 aromatic heterocycles. The summed E-state index contributed by atoms with van der Waals surface area (Å²) in [6.07, 6.45) is 2.19. The second kappa shape index (κ2) is 5.35. The van der Waals surface area contributed by atoms with Crippen LogP contribution < -0.4 is 10.9 Å². The highest BCUT2D eigenvalue weighted by molar-refractivity contribution is 5.94. The number of carbonyl (C=O) groups is 1. The number of aromatic nitrogens is 2. The largest absolute Gasteiger partial charge is 0.352 e. The Morgan fingerprint density at radius 2 is 2.06 bits per heavy atom. The van der Waals surface area contributed by atoms with Gasteiger partial charge in [-0.2, -0.15) is 0 Å². The van der Waals surface area contributed by atoms with Crippen LogP contribution in [0.15, 0.2) is 41.3 Å². The molecule has 0 aliphatic heterocycles. The Morgan fingerprint density at radius 1 is 1.33 bits per heavy atom. The maximum Gasteiger partial charge on any atom is 0.269 e. The van der Waals surface area contributed by atoms with Gasteiger partial charge in [0.2, 0.25) is 0 Å². The first-order valence-electron chi connectivity index (χ1n) is 5.75. The molecule has 5 nitrogen and oxygen atoms in total. The lowest BCUT2D eigenvalue weighted by atomic mass is 10.2. The zero-order chi connectivity index (χ0) is 13.0. The number of aromatic amines is 1. The van der Waals surface area contributed by atoms with Gasteiger partial charge in [-0.25, -0.2) is 0 Å². The molecule has 2 rings (SSSR count). The molecule has 1 heterocycles. The van der Waals surface area contributed by atoms with Crippen molar-refractivity contribution in [3.05, 3.63) is 58.0 Å². The predicted octanol–water partition coefficient (Wildman–Crippen LogP) is 0.686. The minimum Gasteiger partial charge on any atom is -0.352 e. The smallest absolute Gasteiger partial charge is 0.269 e. The lowest BCUT2D eigenvalue weighted by Crippen LogP contribution is -2.27. The number of nitrogens with zero attached hydrogens (tertiary/aromatic N) is 1. The zero-order valence-electron chi connectivity index (χ0n) is 10.1. The molecule has 0 radical (unpaired) electrons. The number of nitrogens with one attached hydrogen (secondary N) is 2. The highest BCUT2D eigenvalue weighted by Crippen LogP contribution is 1.98. The summed E-state index contributed by atoms with van der Waals surface area (Å²) < 4.78 is 1.41. The van der Waals surface area contributed by atoms with Gasteiger partial charge in [0, 0.05) is 30.9 Å². The number of carbonyl (C=O) groups excluding carboxylic acids is 1. The molecule has 2 aromatic rings. The molecular weight excluding hydrogens is 230 g/mol. The molecule has 0 spiro atoms. The first-order valence-corrected chi connectivity index (χ1v) is 5.75. The van der Waals surface area contributed by atoms with E-state index in [1.807, 2.05) is 18.2 Å².